The second kappa shape index (κ2) is 2.89. The molecule has 0 aromatic carbocycles. The monoisotopic (exact) mass is 143 g/mol. The summed E-state index contributed by atoms with van der Waals surface area (Å²) in [5.74, 6) is 0. The number of rotatable bonds is 1. The molecule has 0 aliphatic heterocycles. The van der Waals surface area contributed by atoms with Crippen LogP contribution in [0, 0.1) is 5.41 Å². The summed E-state index contributed by atoms with van der Waals surface area (Å²) in [6.07, 6.45) is 4.26. The van der Waals surface area contributed by atoms with Gasteiger partial charge < -0.3 is 10.8 Å². The zero-order valence-electron chi connectivity index (χ0n) is 6.64. The van der Waals surface area contributed by atoms with Gasteiger partial charge in [0.1, 0.15) is 0 Å². The fourth-order valence-corrected chi connectivity index (χ4v) is 1.62. The molecule has 1 saturated carbocycles. The summed E-state index contributed by atoms with van der Waals surface area (Å²) in [6, 6.07) is 0. The summed E-state index contributed by atoms with van der Waals surface area (Å²) >= 11 is 0. The average Bonchev–Trinajstić information content (AvgIpc) is 1.96. The molecule has 1 aliphatic rings. The van der Waals surface area contributed by atoms with Crippen LogP contribution in [-0.2, 0) is 0 Å². The molecule has 0 aromatic rings. The summed E-state index contributed by atoms with van der Waals surface area (Å²) in [4.78, 5) is 0. The molecule has 0 unspecified atom stereocenters. The van der Waals surface area contributed by atoms with Gasteiger partial charge in [0.2, 0.25) is 0 Å². The normalized spacial score (nSPS) is 41.7. The van der Waals surface area contributed by atoms with Gasteiger partial charge in [-0.1, -0.05) is 19.8 Å². The third kappa shape index (κ3) is 1.32. The highest BCUT2D eigenvalue weighted by Crippen LogP contribution is 2.34. The van der Waals surface area contributed by atoms with E-state index in [4.69, 9.17) is 5.73 Å². The molecule has 3 N–H and O–H groups in total. The minimum atomic E-state index is -0.161. The minimum Gasteiger partial charge on any atom is -0.393 e. The molecule has 0 aromatic heterocycles. The summed E-state index contributed by atoms with van der Waals surface area (Å²) in [5, 5.41) is 9.55. The van der Waals surface area contributed by atoms with Gasteiger partial charge in [0.15, 0.2) is 0 Å². The molecule has 1 fully saturated rings. The minimum absolute atomic E-state index is 0.0122. The lowest BCUT2D eigenvalue weighted by molar-refractivity contribution is 0.00690. The van der Waals surface area contributed by atoms with Gasteiger partial charge in [-0.2, -0.15) is 0 Å². The van der Waals surface area contributed by atoms with E-state index in [0.29, 0.717) is 6.54 Å². The van der Waals surface area contributed by atoms with Crippen LogP contribution in [0.15, 0.2) is 0 Å². The van der Waals surface area contributed by atoms with E-state index in [0.717, 1.165) is 19.3 Å². The fraction of sp³-hybridized carbons (Fsp3) is 1.00. The third-order valence-electron chi connectivity index (χ3n) is 2.75. The SMILES string of the molecule is C[C@]1(CN)CCCC[C@H]1O. The zero-order valence-corrected chi connectivity index (χ0v) is 6.64. The number of nitrogens with two attached hydrogens (primary N) is 1. The lowest BCUT2D eigenvalue weighted by Gasteiger charge is -2.37. The summed E-state index contributed by atoms with van der Waals surface area (Å²) in [5.41, 5.74) is 5.58. The number of hydrogen-bond donors (Lipinski definition) is 2. The van der Waals surface area contributed by atoms with Crippen molar-refractivity contribution in [1.82, 2.24) is 0 Å². The molecule has 1 rings (SSSR count). The van der Waals surface area contributed by atoms with Gasteiger partial charge >= 0.3 is 0 Å². The summed E-state index contributed by atoms with van der Waals surface area (Å²) in [6.45, 7) is 2.70. The Balaban J connectivity index is 2.54. The van der Waals surface area contributed by atoms with Crippen LogP contribution in [0.5, 0.6) is 0 Å². The van der Waals surface area contributed by atoms with E-state index in [9.17, 15) is 5.11 Å². The molecular weight excluding hydrogens is 126 g/mol. The first-order valence-electron chi connectivity index (χ1n) is 4.07. The van der Waals surface area contributed by atoms with Gasteiger partial charge in [-0.25, -0.2) is 0 Å². The van der Waals surface area contributed by atoms with Gasteiger partial charge in [0.25, 0.3) is 0 Å². The first-order valence-corrected chi connectivity index (χ1v) is 4.07. The van der Waals surface area contributed by atoms with E-state index in [-0.39, 0.29) is 11.5 Å². The van der Waals surface area contributed by atoms with Crippen molar-refractivity contribution in [2.45, 2.75) is 38.7 Å². The fourth-order valence-electron chi connectivity index (χ4n) is 1.62. The first kappa shape index (κ1) is 8.02. The number of aliphatic hydroxyl groups is 1. The van der Waals surface area contributed by atoms with E-state index < -0.39 is 0 Å². The standard InChI is InChI=1S/C8H17NO/c1-8(6-9)5-3-2-4-7(8)10/h7,10H,2-6,9H2,1H3/t7-,8-/m1/s1. The summed E-state index contributed by atoms with van der Waals surface area (Å²) in [7, 11) is 0. The molecule has 1 aliphatic carbocycles. The van der Waals surface area contributed by atoms with Crippen molar-refractivity contribution in [3.05, 3.63) is 0 Å². The van der Waals surface area contributed by atoms with Crippen LogP contribution in [0.25, 0.3) is 0 Å². The van der Waals surface area contributed by atoms with Gasteiger partial charge in [-0.3, -0.25) is 0 Å². The molecule has 0 saturated heterocycles. The van der Waals surface area contributed by atoms with Crippen LogP contribution in [0.4, 0.5) is 0 Å². The molecule has 0 bridgehead atoms. The molecule has 2 atom stereocenters. The number of aliphatic hydroxyl groups excluding tert-OH is 1. The van der Waals surface area contributed by atoms with Crippen molar-refractivity contribution in [1.29, 1.82) is 0 Å². The maximum atomic E-state index is 9.55. The highest BCUT2D eigenvalue weighted by molar-refractivity contribution is 4.86. The Kier molecular flexibility index (Phi) is 2.32. The van der Waals surface area contributed by atoms with Crippen molar-refractivity contribution >= 4 is 0 Å². The van der Waals surface area contributed by atoms with Gasteiger partial charge in [0, 0.05) is 12.0 Å². The zero-order chi connectivity index (χ0) is 7.61. The highest BCUT2D eigenvalue weighted by Gasteiger charge is 2.33. The highest BCUT2D eigenvalue weighted by atomic mass is 16.3. The van der Waals surface area contributed by atoms with Crippen LogP contribution in [0.3, 0.4) is 0 Å². The average molecular weight is 143 g/mol. The second-order valence-electron chi connectivity index (χ2n) is 3.62. The Morgan fingerprint density at radius 1 is 1.60 bits per heavy atom. The van der Waals surface area contributed by atoms with E-state index >= 15 is 0 Å². The predicted molar refractivity (Wildman–Crippen MR) is 41.6 cm³/mol. The van der Waals surface area contributed by atoms with Crippen molar-refractivity contribution in [3.8, 4) is 0 Å². The van der Waals surface area contributed by atoms with Gasteiger partial charge in [0.05, 0.1) is 6.10 Å². The Hall–Kier alpha value is -0.0800. The lowest BCUT2D eigenvalue weighted by Crippen LogP contribution is -2.41. The largest absolute Gasteiger partial charge is 0.393 e. The molecule has 10 heavy (non-hydrogen) atoms. The van der Waals surface area contributed by atoms with Crippen LogP contribution in [0.2, 0.25) is 0 Å². The maximum Gasteiger partial charge on any atom is 0.0605 e. The first-order chi connectivity index (χ1) is 4.69. The molecule has 0 amide bonds. The second-order valence-corrected chi connectivity index (χ2v) is 3.62. The molecular formula is C8H17NO. The Morgan fingerprint density at radius 2 is 2.30 bits per heavy atom. The Bertz CT molecular complexity index is 116. The molecule has 60 valence electrons. The van der Waals surface area contributed by atoms with Crippen molar-refractivity contribution in [2.75, 3.05) is 6.54 Å². The van der Waals surface area contributed by atoms with Crippen molar-refractivity contribution in [3.63, 3.8) is 0 Å². The topological polar surface area (TPSA) is 46.2 Å². The Morgan fingerprint density at radius 3 is 2.70 bits per heavy atom. The van der Waals surface area contributed by atoms with Crippen molar-refractivity contribution < 1.29 is 5.11 Å². The van der Waals surface area contributed by atoms with Crippen molar-refractivity contribution in [2.24, 2.45) is 11.1 Å². The van der Waals surface area contributed by atoms with E-state index in [2.05, 4.69) is 6.92 Å². The van der Waals surface area contributed by atoms with Crippen LogP contribution < -0.4 is 5.73 Å². The molecule has 2 heteroatoms. The quantitative estimate of drug-likeness (QED) is 0.572. The summed E-state index contributed by atoms with van der Waals surface area (Å²) < 4.78 is 0. The molecule has 0 radical (unpaired) electrons. The maximum absolute atomic E-state index is 9.55. The van der Waals surface area contributed by atoms with Crippen LogP contribution in [0.1, 0.15) is 32.6 Å². The van der Waals surface area contributed by atoms with E-state index in [1.165, 1.54) is 6.42 Å². The molecule has 0 heterocycles. The number of hydrogen-bond acceptors (Lipinski definition) is 2. The van der Waals surface area contributed by atoms with Crippen LogP contribution in [-0.4, -0.2) is 17.8 Å². The van der Waals surface area contributed by atoms with Gasteiger partial charge in [-0.05, 0) is 12.8 Å². The lowest BCUT2D eigenvalue weighted by atomic mass is 9.73. The van der Waals surface area contributed by atoms with Gasteiger partial charge in [-0.15, -0.1) is 0 Å². The predicted octanol–water partition coefficient (Wildman–Crippen LogP) is 0.886. The third-order valence-corrected chi connectivity index (χ3v) is 2.75. The van der Waals surface area contributed by atoms with E-state index in [1.54, 1.807) is 0 Å². The smallest absolute Gasteiger partial charge is 0.0605 e. The molecule has 0 spiro atoms. The molecule has 2 nitrogen and oxygen atoms in total. The van der Waals surface area contributed by atoms with E-state index in [1.807, 2.05) is 0 Å². The van der Waals surface area contributed by atoms with Crippen LogP contribution >= 0.6 is 0 Å². The Labute approximate surface area is 62.4 Å².